The zero-order valence-corrected chi connectivity index (χ0v) is 14.2. The van der Waals surface area contributed by atoms with Gasteiger partial charge in [0.15, 0.2) is 11.5 Å². The molecule has 0 saturated carbocycles. The number of nitrogens with zero attached hydrogens (tertiary/aromatic N) is 1. The largest absolute Gasteiger partial charge is 0.504 e. The Kier molecular flexibility index (Phi) is 5.39. The maximum absolute atomic E-state index is 12.8. The van der Waals surface area contributed by atoms with Crippen LogP contribution in [-0.4, -0.2) is 22.8 Å². The van der Waals surface area contributed by atoms with E-state index in [1.54, 1.807) is 11.0 Å². The number of nitrogens with one attached hydrogen (secondary N) is 1. The normalized spacial score (nSPS) is 10.3. The molecule has 5 nitrogen and oxygen atoms in total. The van der Waals surface area contributed by atoms with Crippen LogP contribution in [0.5, 0.6) is 11.5 Å². The first-order valence-corrected chi connectivity index (χ1v) is 8.34. The Morgan fingerprint density at radius 3 is 1.92 bits per heavy atom. The third-order valence-corrected chi connectivity index (χ3v) is 3.96. The minimum absolute atomic E-state index is 0.155. The molecule has 0 aromatic heterocycles. The number of amides is 2. The molecule has 0 aliphatic heterocycles. The van der Waals surface area contributed by atoms with E-state index in [0.717, 1.165) is 16.9 Å². The number of carbonyl (C=O) groups excluding carboxylic acids is 1. The lowest BCUT2D eigenvalue weighted by Crippen LogP contribution is -2.37. The van der Waals surface area contributed by atoms with Gasteiger partial charge in [0.2, 0.25) is 0 Å². The van der Waals surface area contributed by atoms with E-state index in [1.165, 1.54) is 12.1 Å². The second-order valence-electron chi connectivity index (χ2n) is 5.81. The number of anilines is 2. The number of hydrogen-bond donors (Lipinski definition) is 3. The van der Waals surface area contributed by atoms with Gasteiger partial charge in [-0.15, -0.1) is 0 Å². The van der Waals surface area contributed by atoms with Crippen LogP contribution in [0.4, 0.5) is 16.2 Å². The number of phenolic OH excluding ortho intramolecular Hbond substituents is 2. The predicted octanol–water partition coefficient (Wildman–Crippen LogP) is 4.19. The maximum atomic E-state index is 12.8. The molecule has 0 atom stereocenters. The van der Waals surface area contributed by atoms with E-state index in [2.05, 4.69) is 5.32 Å². The fourth-order valence-electron chi connectivity index (χ4n) is 2.66. The Labute approximate surface area is 152 Å². The molecule has 3 aromatic carbocycles. The van der Waals surface area contributed by atoms with Gasteiger partial charge in [-0.25, -0.2) is 4.79 Å². The van der Waals surface area contributed by atoms with Crippen molar-refractivity contribution in [2.45, 2.75) is 6.42 Å². The summed E-state index contributed by atoms with van der Waals surface area (Å²) in [7, 11) is 0. The van der Waals surface area contributed by atoms with Gasteiger partial charge >= 0.3 is 6.03 Å². The van der Waals surface area contributed by atoms with Crippen molar-refractivity contribution in [2.75, 3.05) is 11.4 Å². The lowest BCUT2D eigenvalue weighted by molar-refractivity contribution is 0.248. The number of para-hydroxylation sites is 2. The molecule has 0 aliphatic carbocycles. The summed E-state index contributed by atoms with van der Waals surface area (Å²) in [5, 5.41) is 21.8. The Balaban J connectivity index is 1.71. The van der Waals surface area contributed by atoms with E-state index in [9.17, 15) is 15.0 Å². The molecule has 0 fully saturated rings. The highest BCUT2D eigenvalue weighted by Crippen LogP contribution is 2.26. The third-order valence-electron chi connectivity index (χ3n) is 3.96. The van der Waals surface area contributed by atoms with Crippen molar-refractivity contribution in [1.29, 1.82) is 0 Å². The molecule has 26 heavy (non-hydrogen) atoms. The Morgan fingerprint density at radius 2 is 1.38 bits per heavy atom. The summed E-state index contributed by atoms with van der Waals surface area (Å²) in [5.74, 6) is -0.318. The first kappa shape index (κ1) is 17.4. The SMILES string of the molecule is O=C(NCCc1ccc(O)c(O)c1)N(c1ccccc1)c1ccccc1. The minimum Gasteiger partial charge on any atom is -0.504 e. The number of rotatable bonds is 5. The van der Waals surface area contributed by atoms with Crippen LogP contribution in [0.1, 0.15) is 5.56 Å². The molecule has 2 amide bonds. The van der Waals surface area contributed by atoms with Crippen molar-refractivity contribution in [3.05, 3.63) is 84.4 Å². The molecular weight excluding hydrogens is 328 g/mol. The fourth-order valence-corrected chi connectivity index (χ4v) is 2.66. The van der Waals surface area contributed by atoms with Gasteiger partial charge in [0, 0.05) is 6.54 Å². The molecule has 0 aliphatic rings. The first-order valence-electron chi connectivity index (χ1n) is 8.34. The number of carbonyl (C=O) groups is 1. The topological polar surface area (TPSA) is 72.8 Å². The standard InChI is InChI=1S/C21H20N2O3/c24-19-12-11-16(15-20(19)25)13-14-22-21(26)23(17-7-3-1-4-8-17)18-9-5-2-6-10-18/h1-12,15,24-25H,13-14H2,(H,22,26). The summed E-state index contributed by atoms with van der Waals surface area (Å²) in [6, 6.07) is 23.3. The van der Waals surface area contributed by atoms with Crippen LogP contribution < -0.4 is 10.2 Å². The summed E-state index contributed by atoms with van der Waals surface area (Å²) in [6.45, 7) is 0.402. The quantitative estimate of drug-likeness (QED) is 0.605. The van der Waals surface area contributed by atoms with Gasteiger partial charge in [-0.05, 0) is 48.4 Å². The Bertz CT molecular complexity index is 827. The van der Waals surface area contributed by atoms with Crippen LogP contribution >= 0.6 is 0 Å². The van der Waals surface area contributed by atoms with E-state index >= 15 is 0 Å². The van der Waals surface area contributed by atoms with Gasteiger partial charge in [-0.1, -0.05) is 42.5 Å². The van der Waals surface area contributed by atoms with Crippen molar-refractivity contribution >= 4 is 17.4 Å². The van der Waals surface area contributed by atoms with Crippen molar-refractivity contribution in [3.63, 3.8) is 0 Å². The van der Waals surface area contributed by atoms with Crippen LogP contribution in [0.15, 0.2) is 78.9 Å². The van der Waals surface area contributed by atoms with Crippen LogP contribution in [0.2, 0.25) is 0 Å². The third kappa shape index (κ3) is 4.13. The molecular formula is C21H20N2O3. The summed E-state index contributed by atoms with van der Waals surface area (Å²) in [4.78, 5) is 14.4. The smallest absolute Gasteiger partial charge is 0.326 e. The van der Waals surface area contributed by atoms with Gasteiger partial charge in [0.25, 0.3) is 0 Å². The lowest BCUT2D eigenvalue weighted by atomic mass is 10.1. The fraction of sp³-hybridized carbons (Fsp3) is 0.0952. The lowest BCUT2D eigenvalue weighted by Gasteiger charge is -2.23. The highest BCUT2D eigenvalue weighted by Gasteiger charge is 2.17. The number of phenols is 2. The summed E-state index contributed by atoms with van der Waals surface area (Å²) in [5.41, 5.74) is 2.38. The maximum Gasteiger partial charge on any atom is 0.326 e. The number of hydrogen-bond acceptors (Lipinski definition) is 3. The highest BCUT2D eigenvalue weighted by molar-refractivity contribution is 5.99. The summed E-state index contributed by atoms with van der Waals surface area (Å²) < 4.78 is 0. The Hall–Kier alpha value is -3.47. The second kappa shape index (κ2) is 8.07. The zero-order valence-electron chi connectivity index (χ0n) is 14.2. The average molecular weight is 348 g/mol. The molecule has 0 radical (unpaired) electrons. The van der Waals surface area contributed by atoms with Gasteiger partial charge in [0.1, 0.15) is 0 Å². The summed E-state index contributed by atoms with van der Waals surface area (Å²) >= 11 is 0. The van der Waals surface area contributed by atoms with Gasteiger partial charge in [-0.3, -0.25) is 4.90 Å². The number of aromatic hydroxyl groups is 2. The van der Waals surface area contributed by atoms with E-state index < -0.39 is 0 Å². The zero-order chi connectivity index (χ0) is 18.4. The van der Waals surface area contributed by atoms with Crippen LogP contribution in [0.3, 0.4) is 0 Å². The minimum atomic E-state index is -0.231. The van der Waals surface area contributed by atoms with Crippen molar-refractivity contribution in [1.82, 2.24) is 5.32 Å². The monoisotopic (exact) mass is 348 g/mol. The molecule has 0 unspecified atom stereocenters. The molecule has 0 bridgehead atoms. The summed E-state index contributed by atoms with van der Waals surface area (Å²) in [6.07, 6.45) is 0.539. The average Bonchev–Trinajstić information content (AvgIpc) is 2.67. The highest BCUT2D eigenvalue weighted by atomic mass is 16.3. The van der Waals surface area contributed by atoms with E-state index in [1.807, 2.05) is 60.7 Å². The molecule has 0 heterocycles. The molecule has 0 spiro atoms. The molecule has 5 heteroatoms. The van der Waals surface area contributed by atoms with Crippen molar-refractivity contribution < 1.29 is 15.0 Å². The molecule has 132 valence electrons. The predicted molar refractivity (Wildman–Crippen MR) is 102 cm³/mol. The molecule has 3 aromatic rings. The molecule has 0 saturated heterocycles. The van der Waals surface area contributed by atoms with Gasteiger partial charge in [0.05, 0.1) is 11.4 Å². The van der Waals surface area contributed by atoms with Crippen molar-refractivity contribution in [2.24, 2.45) is 0 Å². The van der Waals surface area contributed by atoms with Crippen LogP contribution in [-0.2, 0) is 6.42 Å². The van der Waals surface area contributed by atoms with Crippen LogP contribution in [0, 0.1) is 0 Å². The van der Waals surface area contributed by atoms with Crippen molar-refractivity contribution in [3.8, 4) is 11.5 Å². The molecule has 3 rings (SSSR count). The molecule has 3 N–H and O–H groups in total. The van der Waals surface area contributed by atoms with E-state index in [4.69, 9.17) is 0 Å². The van der Waals surface area contributed by atoms with E-state index in [0.29, 0.717) is 13.0 Å². The first-order chi connectivity index (χ1) is 12.6. The van der Waals surface area contributed by atoms with Gasteiger partial charge in [-0.2, -0.15) is 0 Å². The number of benzene rings is 3. The number of urea groups is 1. The second-order valence-corrected chi connectivity index (χ2v) is 5.81. The van der Waals surface area contributed by atoms with E-state index in [-0.39, 0.29) is 17.5 Å². The van der Waals surface area contributed by atoms with Gasteiger partial charge < -0.3 is 15.5 Å². The Morgan fingerprint density at radius 1 is 0.808 bits per heavy atom. The van der Waals surface area contributed by atoms with Crippen LogP contribution in [0.25, 0.3) is 0 Å².